The Morgan fingerprint density at radius 3 is 2.11 bits per heavy atom. The monoisotopic (exact) mass is 290 g/mol. The molecular formula is C13H19ClO5. The van der Waals surface area contributed by atoms with Crippen molar-refractivity contribution >= 4 is 18.4 Å². The fourth-order valence-corrected chi connectivity index (χ4v) is 1.46. The van der Waals surface area contributed by atoms with Crippen LogP contribution in [-0.4, -0.2) is 31.9 Å². The first-order valence-corrected chi connectivity index (χ1v) is 5.76. The molecule has 0 atom stereocenters. The van der Waals surface area contributed by atoms with E-state index in [0.717, 1.165) is 12.8 Å². The van der Waals surface area contributed by atoms with Gasteiger partial charge in [-0.1, -0.05) is 13.3 Å². The van der Waals surface area contributed by atoms with E-state index >= 15 is 0 Å². The Labute approximate surface area is 118 Å². The molecule has 1 rings (SSSR count). The van der Waals surface area contributed by atoms with Gasteiger partial charge in [0.05, 0.1) is 26.4 Å². The predicted molar refractivity (Wildman–Crippen MR) is 74.2 cm³/mol. The molecular weight excluding hydrogens is 272 g/mol. The van der Waals surface area contributed by atoms with Crippen LogP contribution in [0.4, 0.5) is 0 Å². The topological polar surface area (TPSA) is 65.0 Å². The Kier molecular flexibility index (Phi) is 7.75. The number of hydrogen-bond acceptors (Lipinski definition) is 4. The summed E-state index contributed by atoms with van der Waals surface area (Å²) in [5, 5.41) is 8.98. The molecule has 1 aromatic carbocycles. The summed E-state index contributed by atoms with van der Waals surface area (Å²) in [4.78, 5) is 11.0. The molecule has 0 saturated heterocycles. The van der Waals surface area contributed by atoms with Crippen LogP contribution in [0.25, 0.3) is 0 Å². The number of benzene rings is 1. The largest absolute Gasteiger partial charge is 0.493 e. The minimum Gasteiger partial charge on any atom is -0.493 e. The van der Waals surface area contributed by atoms with E-state index < -0.39 is 5.97 Å². The number of unbranched alkanes of at least 4 members (excludes halogenated alkanes) is 1. The fraction of sp³-hybridized carbons (Fsp3) is 0.462. The average Bonchev–Trinajstić information content (AvgIpc) is 2.38. The second-order valence-corrected chi connectivity index (χ2v) is 3.72. The van der Waals surface area contributed by atoms with Gasteiger partial charge in [0.1, 0.15) is 0 Å². The molecule has 0 amide bonds. The molecule has 0 fully saturated rings. The number of rotatable bonds is 7. The van der Waals surface area contributed by atoms with Crippen molar-refractivity contribution in [1.82, 2.24) is 0 Å². The van der Waals surface area contributed by atoms with Crippen LogP contribution in [0.2, 0.25) is 0 Å². The van der Waals surface area contributed by atoms with Crippen LogP contribution in [0.1, 0.15) is 30.1 Å². The Hall–Kier alpha value is -1.62. The highest BCUT2D eigenvalue weighted by atomic mass is 35.5. The highest BCUT2D eigenvalue weighted by Crippen LogP contribution is 2.38. The number of halogens is 1. The molecule has 0 radical (unpaired) electrons. The lowest BCUT2D eigenvalue weighted by molar-refractivity contribution is 0.0696. The smallest absolute Gasteiger partial charge is 0.335 e. The minimum atomic E-state index is -1.04. The van der Waals surface area contributed by atoms with Crippen molar-refractivity contribution in [2.75, 3.05) is 20.8 Å². The third-order valence-corrected chi connectivity index (χ3v) is 2.45. The molecule has 1 N–H and O–H groups in total. The summed E-state index contributed by atoms with van der Waals surface area (Å²) >= 11 is 0. The van der Waals surface area contributed by atoms with Gasteiger partial charge in [0, 0.05) is 0 Å². The van der Waals surface area contributed by atoms with E-state index in [-0.39, 0.29) is 18.0 Å². The van der Waals surface area contributed by atoms with Crippen LogP contribution in [0.3, 0.4) is 0 Å². The molecule has 0 bridgehead atoms. The quantitative estimate of drug-likeness (QED) is 0.782. The van der Waals surface area contributed by atoms with Gasteiger partial charge in [-0.05, 0) is 18.6 Å². The summed E-state index contributed by atoms with van der Waals surface area (Å²) < 4.78 is 15.9. The summed E-state index contributed by atoms with van der Waals surface area (Å²) in [6, 6.07) is 2.85. The molecule has 0 unspecified atom stereocenters. The van der Waals surface area contributed by atoms with E-state index in [0.29, 0.717) is 23.9 Å². The van der Waals surface area contributed by atoms with Crippen molar-refractivity contribution in [3.05, 3.63) is 17.7 Å². The maximum absolute atomic E-state index is 11.0. The van der Waals surface area contributed by atoms with Crippen molar-refractivity contribution in [3.63, 3.8) is 0 Å². The first kappa shape index (κ1) is 17.4. The second kappa shape index (κ2) is 8.48. The molecule has 108 valence electrons. The Morgan fingerprint density at radius 1 is 1.21 bits per heavy atom. The van der Waals surface area contributed by atoms with Crippen molar-refractivity contribution in [2.45, 2.75) is 19.8 Å². The van der Waals surface area contributed by atoms with Gasteiger partial charge in [-0.3, -0.25) is 0 Å². The highest BCUT2D eigenvalue weighted by Gasteiger charge is 2.16. The third kappa shape index (κ3) is 4.52. The first-order chi connectivity index (χ1) is 8.63. The molecule has 0 aliphatic rings. The fourth-order valence-electron chi connectivity index (χ4n) is 1.46. The number of carboxylic acid groups (broad SMARTS) is 1. The predicted octanol–water partition coefficient (Wildman–Crippen LogP) is 3.00. The molecule has 0 aromatic heterocycles. The van der Waals surface area contributed by atoms with Crippen LogP contribution in [-0.2, 0) is 0 Å². The molecule has 0 saturated carbocycles. The Morgan fingerprint density at radius 2 is 1.74 bits per heavy atom. The average molecular weight is 291 g/mol. The van der Waals surface area contributed by atoms with Crippen molar-refractivity contribution in [3.8, 4) is 17.2 Å². The summed E-state index contributed by atoms with van der Waals surface area (Å²) in [5.41, 5.74) is 0.103. The van der Waals surface area contributed by atoms with Gasteiger partial charge in [-0.15, -0.1) is 12.4 Å². The lowest BCUT2D eigenvalue weighted by Gasteiger charge is -2.15. The third-order valence-electron chi connectivity index (χ3n) is 2.45. The minimum absolute atomic E-state index is 0. The van der Waals surface area contributed by atoms with Crippen LogP contribution in [0, 0.1) is 0 Å². The van der Waals surface area contributed by atoms with Gasteiger partial charge in [-0.2, -0.15) is 0 Å². The zero-order valence-electron chi connectivity index (χ0n) is 11.3. The van der Waals surface area contributed by atoms with Crippen LogP contribution in [0.5, 0.6) is 17.2 Å². The summed E-state index contributed by atoms with van der Waals surface area (Å²) in [5.74, 6) is 0.135. The molecule has 0 aliphatic carbocycles. The number of ether oxygens (including phenoxy) is 3. The zero-order chi connectivity index (χ0) is 13.5. The van der Waals surface area contributed by atoms with Crippen LogP contribution >= 0.6 is 12.4 Å². The number of carbonyl (C=O) groups is 1. The van der Waals surface area contributed by atoms with Gasteiger partial charge < -0.3 is 19.3 Å². The lowest BCUT2D eigenvalue weighted by atomic mass is 10.2. The van der Waals surface area contributed by atoms with Crippen molar-refractivity contribution in [2.24, 2.45) is 0 Å². The van der Waals surface area contributed by atoms with E-state index in [9.17, 15) is 4.79 Å². The van der Waals surface area contributed by atoms with Gasteiger partial charge in [0.2, 0.25) is 5.75 Å². The standard InChI is InChI=1S/C13H18O5.ClH/c1-4-5-6-18-12-10(16-2)7-9(13(14)15)8-11(12)17-3;/h7-8H,4-6H2,1-3H3,(H,14,15);1H. The molecule has 0 heterocycles. The molecule has 19 heavy (non-hydrogen) atoms. The maximum Gasteiger partial charge on any atom is 0.335 e. The first-order valence-electron chi connectivity index (χ1n) is 5.76. The number of hydrogen-bond donors (Lipinski definition) is 1. The van der Waals surface area contributed by atoms with E-state index in [1.54, 1.807) is 0 Å². The zero-order valence-corrected chi connectivity index (χ0v) is 12.1. The van der Waals surface area contributed by atoms with Gasteiger partial charge in [-0.25, -0.2) is 4.79 Å². The SMILES string of the molecule is CCCCOc1c(OC)cc(C(=O)O)cc1OC.Cl. The van der Waals surface area contributed by atoms with Crippen molar-refractivity contribution < 1.29 is 24.1 Å². The van der Waals surface area contributed by atoms with E-state index in [2.05, 4.69) is 6.92 Å². The van der Waals surface area contributed by atoms with Crippen LogP contribution in [0.15, 0.2) is 12.1 Å². The Balaban J connectivity index is 0.00000324. The number of carboxylic acids is 1. The number of methoxy groups -OCH3 is 2. The van der Waals surface area contributed by atoms with Crippen LogP contribution < -0.4 is 14.2 Å². The molecule has 5 nitrogen and oxygen atoms in total. The highest BCUT2D eigenvalue weighted by molar-refractivity contribution is 5.89. The van der Waals surface area contributed by atoms with E-state index in [1.165, 1.54) is 26.4 Å². The van der Waals surface area contributed by atoms with E-state index in [1.807, 2.05) is 0 Å². The van der Waals surface area contributed by atoms with Gasteiger partial charge in [0.15, 0.2) is 11.5 Å². The lowest BCUT2D eigenvalue weighted by Crippen LogP contribution is -2.04. The molecule has 6 heteroatoms. The van der Waals surface area contributed by atoms with Crippen molar-refractivity contribution in [1.29, 1.82) is 0 Å². The summed E-state index contributed by atoms with van der Waals surface area (Å²) in [6.07, 6.45) is 1.92. The summed E-state index contributed by atoms with van der Waals surface area (Å²) in [6.45, 7) is 2.60. The second-order valence-electron chi connectivity index (χ2n) is 3.72. The normalized spacial score (nSPS) is 9.42. The van der Waals surface area contributed by atoms with Gasteiger partial charge in [0.25, 0.3) is 0 Å². The Bertz CT molecular complexity index is 394. The molecule has 1 aromatic rings. The van der Waals surface area contributed by atoms with Gasteiger partial charge >= 0.3 is 5.97 Å². The maximum atomic E-state index is 11.0. The molecule has 0 spiro atoms. The summed E-state index contributed by atoms with van der Waals surface area (Å²) in [7, 11) is 2.93. The number of aromatic carboxylic acids is 1. The molecule has 0 aliphatic heterocycles. The van der Waals surface area contributed by atoms with E-state index in [4.69, 9.17) is 19.3 Å².